The van der Waals surface area contributed by atoms with Crippen LogP contribution in [0.4, 0.5) is 4.39 Å². The van der Waals surface area contributed by atoms with Crippen LogP contribution in [0, 0.1) is 5.82 Å². The molecule has 1 fully saturated rings. The van der Waals surface area contributed by atoms with Crippen LogP contribution < -0.4 is 0 Å². The maximum absolute atomic E-state index is 13.6. The van der Waals surface area contributed by atoms with E-state index in [0.29, 0.717) is 22.9 Å². The number of hydrogen-bond acceptors (Lipinski definition) is 3. The van der Waals surface area contributed by atoms with Crippen LogP contribution in [0.25, 0.3) is 0 Å². The molecule has 0 unspecified atom stereocenters. The van der Waals surface area contributed by atoms with Gasteiger partial charge < -0.3 is 0 Å². The second-order valence-electron chi connectivity index (χ2n) is 5.59. The van der Waals surface area contributed by atoms with Crippen molar-refractivity contribution >= 4 is 33.0 Å². The van der Waals surface area contributed by atoms with Crippen LogP contribution in [0.1, 0.15) is 37.3 Å². The lowest BCUT2D eigenvalue weighted by atomic mass is 10.0. The summed E-state index contributed by atoms with van der Waals surface area (Å²) in [4.78, 5) is 0. The van der Waals surface area contributed by atoms with E-state index in [-0.39, 0.29) is 16.1 Å². The molecule has 1 aliphatic rings. The third-order valence-corrected chi connectivity index (χ3v) is 7.66. The molecule has 0 bridgehead atoms. The Kier molecular flexibility index (Phi) is 5.06. The summed E-state index contributed by atoms with van der Waals surface area (Å²) in [6.07, 6.45) is 3.41. The van der Waals surface area contributed by atoms with Crippen LogP contribution in [0.2, 0.25) is 4.34 Å². The van der Waals surface area contributed by atoms with Crippen LogP contribution in [-0.4, -0.2) is 19.3 Å². The molecule has 124 valence electrons. The van der Waals surface area contributed by atoms with E-state index in [2.05, 4.69) is 0 Å². The van der Waals surface area contributed by atoms with E-state index in [1.165, 1.54) is 22.5 Å². The van der Waals surface area contributed by atoms with Crippen LogP contribution >= 0.6 is 22.9 Å². The lowest BCUT2D eigenvalue weighted by Gasteiger charge is -2.29. The predicted molar refractivity (Wildman–Crippen MR) is 90.8 cm³/mol. The molecule has 2 aromatic rings. The van der Waals surface area contributed by atoms with Gasteiger partial charge in [-0.05, 0) is 42.7 Å². The highest BCUT2D eigenvalue weighted by atomic mass is 35.5. The van der Waals surface area contributed by atoms with E-state index >= 15 is 0 Å². The van der Waals surface area contributed by atoms with Crippen molar-refractivity contribution in [3.63, 3.8) is 0 Å². The largest absolute Gasteiger partial charge is 0.253 e. The van der Waals surface area contributed by atoms with Crippen LogP contribution in [0.5, 0.6) is 0 Å². The average Bonchev–Trinajstić information content (AvgIpc) is 2.81. The average molecular weight is 374 g/mol. The zero-order valence-corrected chi connectivity index (χ0v) is 14.8. The van der Waals surface area contributed by atoms with E-state index in [1.54, 1.807) is 18.2 Å². The molecule has 23 heavy (non-hydrogen) atoms. The Morgan fingerprint density at radius 3 is 2.70 bits per heavy atom. The van der Waals surface area contributed by atoms with E-state index < -0.39 is 10.0 Å². The van der Waals surface area contributed by atoms with Gasteiger partial charge in [-0.2, -0.15) is 4.31 Å². The number of hydrogen-bond donors (Lipinski definition) is 0. The molecule has 1 saturated heterocycles. The summed E-state index contributed by atoms with van der Waals surface area (Å²) in [5, 5.41) is 0. The fraction of sp³-hybridized carbons (Fsp3) is 0.375. The van der Waals surface area contributed by atoms with Gasteiger partial charge in [-0.3, -0.25) is 0 Å². The van der Waals surface area contributed by atoms with Gasteiger partial charge in [-0.25, -0.2) is 12.8 Å². The summed E-state index contributed by atoms with van der Waals surface area (Å²) in [5.74, 6) is -0.344. The molecule has 0 amide bonds. The van der Waals surface area contributed by atoms with Crippen molar-refractivity contribution in [3.8, 4) is 0 Å². The summed E-state index contributed by atoms with van der Waals surface area (Å²) in [6, 6.07) is 9.02. The Bertz CT molecular complexity index is 791. The molecule has 1 aliphatic heterocycles. The lowest BCUT2D eigenvalue weighted by Crippen LogP contribution is -2.34. The molecule has 1 aromatic carbocycles. The highest BCUT2D eigenvalue weighted by Crippen LogP contribution is 2.37. The molecule has 2 heterocycles. The van der Waals surface area contributed by atoms with E-state index in [4.69, 9.17) is 11.6 Å². The van der Waals surface area contributed by atoms with Crippen molar-refractivity contribution in [3.05, 3.63) is 52.1 Å². The molecule has 3 rings (SSSR count). The van der Waals surface area contributed by atoms with Gasteiger partial charge in [0, 0.05) is 6.54 Å². The summed E-state index contributed by atoms with van der Waals surface area (Å²) in [5.41, 5.74) is 0.707. The fourth-order valence-corrected chi connectivity index (χ4v) is 6.26. The molecule has 1 aromatic heterocycles. The van der Waals surface area contributed by atoms with Crippen molar-refractivity contribution in [1.29, 1.82) is 0 Å². The monoisotopic (exact) mass is 373 g/mol. The normalized spacial score (nSPS) is 20.3. The Morgan fingerprint density at radius 2 is 2.00 bits per heavy atom. The highest BCUT2D eigenvalue weighted by Gasteiger charge is 2.34. The fourth-order valence-electron chi connectivity index (χ4n) is 2.97. The highest BCUT2D eigenvalue weighted by molar-refractivity contribution is 7.91. The number of rotatable bonds is 3. The molecule has 0 N–H and O–H groups in total. The van der Waals surface area contributed by atoms with Crippen LogP contribution in [-0.2, 0) is 10.0 Å². The van der Waals surface area contributed by atoms with Gasteiger partial charge in [0.1, 0.15) is 10.0 Å². The van der Waals surface area contributed by atoms with Gasteiger partial charge in [-0.1, -0.05) is 36.6 Å². The maximum atomic E-state index is 13.6. The second kappa shape index (κ2) is 6.89. The molecule has 0 spiro atoms. The maximum Gasteiger partial charge on any atom is 0.253 e. The van der Waals surface area contributed by atoms with Crippen molar-refractivity contribution in [2.24, 2.45) is 0 Å². The van der Waals surface area contributed by atoms with Crippen LogP contribution in [0.15, 0.2) is 40.6 Å². The minimum atomic E-state index is -3.63. The second-order valence-corrected chi connectivity index (χ2v) is 9.43. The van der Waals surface area contributed by atoms with E-state index in [1.807, 2.05) is 0 Å². The molecule has 3 nitrogen and oxygen atoms in total. The van der Waals surface area contributed by atoms with Gasteiger partial charge in [0.25, 0.3) is 10.0 Å². The first-order valence-electron chi connectivity index (χ1n) is 7.51. The first-order chi connectivity index (χ1) is 11.0. The molecular formula is C16H17ClFNO2S2. The number of thiophene rings is 1. The minimum Gasteiger partial charge on any atom is -0.207 e. The lowest BCUT2D eigenvalue weighted by molar-refractivity contribution is 0.329. The zero-order valence-electron chi connectivity index (χ0n) is 12.4. The number of benzene rings is 1. The zero-order chi connectivity index (χ0) is 16.4. The van der Waals surface area contributed by atoms with Crippen molar-refractivity contribution in [1.82, 2.24) is 4.31 Å². The third kappa shape index (κ3) is 3.60. The van der Waals surface area contributed by atoms with E-state index in [0.717, 1.165) is 30.6 Å². The Hall–Kier alpha value is -0.950. The Morgan fingerprint density at radius 1 is 1.17 bits per heavy atom. The van der Waals surface area contributed by atoms with Gasteiger partial charge in [0.05, 0.1) is 10.4 Å². The minimum absolute atomic E-state index is 0.241. The predicted octanol–water partition coefficient (Wildman–Crippen LogP) is 4.85. The molecule has 0 saturated carbocycles. The smallest absolute Gasteiger partial charge is 0.207 e. The topological polar surface area (TPSA) is 37.4 Å². The van der Waals surface area contributed by atoms with Gasteiger partial charge in [0.2, 0.25) is 0 Å². The SMILES string of the molecule is O=S(=O)(c1ccc(Cl)s1)N1CCCCC[C@@H]1c1cccc(F)c1. The van der Waals surface area contributed by atoms with E-state index in [9.17, 15) is 12.8 Å². The summed E-state index contributed by atoms with van der Waals surface area (Å²) >= 11 is 6.95. The number of sulfonamides is 1. The number of nitrogens with zero attached hydrogens (tertiary/aromatic N) is 1. The Labute approximate surface area is 144 Å². The molecule has 0 radical (unpaired) electrons. The first kappa shape index (κ1) is 16.9. The van der Waals surface area contributed by atoms with Crippen molar-refractivity contribution in [2.75, 3.05) is 6.54 Å². The Balaban J connectivity index is 2.02. The van der Waals surface area contributed by atoms with Crippen molar-refractivity contribution in [2.45, 2.75) is 35.9 Å². The van der Waals surface area contributed by atoms with Gasteiger partial charge >= 0.3 is 0 Å². The molecular weight excluding hydrogens is 357 g/mol. The third-order valence-electron chi connectivity index (χ3n) is 4.05. The molecule has 1 atom stereocenters. The van der Waals surface area contributed by atoms with Crippen LogP contribution in [0.3, 0.4) is 0 Å². The number of halogens is 2. The van der Waals surface area contributed by atoms with Gasteiger partial charge in [0.15, 0.2) is 0 Å². The summed E-state index contributed by atoms with van der Waals surface area (Å²) in [6.45, 7) is 0.443. The molecule has 0 aliphatic carbocycles. The quantitative estimate of drug-likeness (QED) is 0.771. The van der Waals surface area contributed by atoms with Crippen molar-refractivity contribution < 1.29 is 12.8 Å². The molecule has 7 heteroatoms. The first-order valence-corrected chi connectivity index (χ1v) is 10.1. The summed E-state index contributed by atoms with van der Waals surface area (Å²) < 4.78 is 41.8. The van der Waals surface area contributed by atoms with Gasteiger partial charge in [-0.15, -0.1) is 11.3 Å². The summed E-state index contributed by atoms with van der Waals surface area (Å²) in [7, 11) is -3.63. The standard InChI is InChI=1S/C16H17ClFNO2S2/c17-15-8-9-16(22-15)23(20,21)19-10-3-1-2-7-14(19)12-5-4-6-13(18)11-12/h4-6,8-9,11,14H,1-3,7,10H2/t14-/m1/s1.